The summed E-state index contributed by atoms with van der Waals surface area (Å²) in [5.74, 6) is 0.0698. The molecule has 1 aliphatic rings. The first-order chi connectivity index (χ1) is 17.3. The molecule has 1 fully saturated rings. The van der Waals surface area contributed by atoms with Crippen molar-refractivity contribution in [3.63, 3.8) is 0 Å². The van der Waals surface area contributed by atoms with Crippen molar-refractivity contribution in [2.24, 2.45) is 0 Å². The summed E-state index contributed by atoms with van der Waals surface area (Å²) in [4.78, 5) is 29.3. The van der Waals surface area contributed by atoms with Gasteiger partial charge in [0, 0.05) is 30.2 Å². The van der Waals surface area contributed by atoms with Gasteiger partial charge in [0.2, 0.25) is 0 Å². The second-order valence-electron chi connectivity index (χ2n) is 8.42. The minimum Gasteiger partial charge on any atom is -0.494 e. The Morgan fingerprint density at radius 1 is 1.22 bits per heavy atom. The molecule has 4 rings (SSSR count). The number of nitro groups is 1. The van der Waals surface area contributed by atoms with Crippen molar-refractivity contribution in [3.05, 3.63) is 81.4 Å². The molecular weight excluding hydrogens is 482 g/mol. The average Bonchev–Trinajstić information content (AvgIpc) is 3.36. The van der Waals surface area contributed by atoms with Crippen LogP contribution in [0.3, 0.4) is 0 Å². The van der Waals surface area contributed by atoms with Crippen LogP contribution in [-0.4, -0.2) is 51.2 Å². The van der Waals surface area contributed by atoms with Crippen LogP contribution in [0, 0.1) is 24.0 Å². The lowest BCUT2D eigenvalue weighted by molar-refractivity contribution is -0.384. The number of rotatable bonds is 8. The third-order valence-corrected chi connectivity index (χ3v) is 6.74. The number of non-ortho nitro benzene ring substituents is 1. The number of hydrogen-bond acceptors (Lipinski definition) is 7. The van der Waals surface area contributed by atoms with Crippen LogP contribution in [0.5, 0.6) is 5.75 Å². The molecular formula is C25H27N5O5S. The molecule has 1 aromatic carbocycles. The van der Waals surface area contributed by atoms with Gasteiger partial charge in [0.15, 0.2) is 5.11 Å². The highest BCUT2D eigenvalue weighted by atomic mass is 32.1. The largest absolute Gasteiger partial charge is 0.494 e. The van der Waals surface area contributed by atoms with Gasteiger partial charge < -0.3 is 24.3 Å². The highest BCUT2D eigenvalue weighted by Gasteiger charge is 2.41. The fourth-order valence-electron chi connectivity index (χ4n) is 4.72. The molecule has 36 heavy (non-hydrogen) atoms. The van der Waals surface area contributed by atoms with E-state index in [0.717, 1.165) is 22.6 Å². The van der Waals surface area contributed by atoms with Gasteiger partial charge in [-0.3, -0.25) is 19.9 Å². The zero-order valence-corrected chi connectivity index (χ0v) is 21.2. The molecule has 0 amide bonds. The number of nitrogens with zero attached hydrogens (tertiary/aromatic N) is 4. The summed E-state index contributed by atoms with van der Waals surface area (Å²) < 4.78 is 12.4. The van der Waals surface area contributed by atoms with Crippen molar-refractivity contribution in [3.8, 4) is 11.4 Å². The predicted octanol–water partition coefficient (Wildman–Crippen LogP) is 3.94. The van der Waals surface area contributed by atoms with E-state index >= 15 is 0 Å². The second kappa shape index (κ2) is 10.3. The fraction of sp³-hybridized carbons (Fsp3) is 0.320. The van der Waals surface area contributed by atoms with E-state index in [1.165, 1.54) is 26.4 Å². The number of carbonyl (C=O) groups excluding carboxylic acids is 1. The molecule has 0 aliphatic carbocycles. The van der Waals surface area contributed by atoms with Gasteiger partial charge in [0.05, 0.1) is 55.1 Å². The summed E-state index contributed by atoms with van der Waals surface area (Å²) >= 11 is 5.68. The van der Waals surface area contributed by atoms with E-state index in [4.69, 9.17) is 21.7 Å². The number of nitrogens with one attached hydrogen (secondary N) is 1. The monoisotopic (exact) mass is 509 g/mol. The Hall–Kier alpha value is -3.99. The SMILES string of the molecule is COC(=O)CCN1C(=S)N[C@@H](c2ccccn2)[C@H]1c1cc(C)n(-c2ccc([N+](=O)[O-])cc2OC)c1C. The molecule has 3 aromatic rings. The smallest absolute Gasteiger partial charge is 0.307 e. The van der Waals surface area contributed by atoms with Gasteiger partial charge in [0.1, 0.15) is 5.75 Å². The van der Waals surface area contributed by atoms with Crippen molar-refractivity contribution in [2.45, 2.75) is 32.4 Å². The molecule has 10 nitrogen and oxygen atoms in total. The molecule has 188 valence electrons. The van der Waals surface area contributed by atoms with Crippen molar-refractivity contribution < 1.29 is 19.2 Å². The number of benzene rings is 1. The summed E-state index contributed by atoms with van der Waals surface area (Å²) in [6, 6.07) is 11.8. The Bertz CT molecular complexity index is 1310. The first kappa shape index (κ1) is 25.1. The number of carbonyl (C=O) groups is 1. The summed E-state index contributed by atoms with van der Waals surface area (Å²) in [6.45, 7) is 4.32. The minimum absolute atomic E-state index is 0.0483. The number of hydrogen-bond donors (Lipinski definition) is 1. The molecule has 11 heteroatoms. The highest BCUT2D eigenvalue weighted by molar-refractivity contribution is 7.80. The normalized spacial score (nSPS) is 17.1. The number of nitro benzene ring substituents is 1. The van der Waals surface area contributed by atoms with Gasteiger partial charge in [-0.25, -0.2) is 0 Å². The summed E-state index contributed by atoms with van der Waals surface area (Å²) in [6.07, 6.45) is 1.91. The third-order valence-electron chi connectivity index (χ3n) is 6.39. The zero-order chi connectivity index (χ0) is 26.0. The number of aryl methyl sites for hydroxylation is 1. The molecule has 1 N–H and O–H groups in total. The Labute approximate surface area is 214 Å². The van der Waals surface area contributed by atoms with Crippen molar-refractivity contribution >= 4 is 29.0 Å². The number of aromatic nitrogens is 2. The van der Waals surface area contributed by atoms with Crippen molar-refractivity contribution in [1.29, 1.82) is 0 Å². The van der Waals surface area contributed by atoms with Crippen LogP contribution >= 0.6 is 12.2 Å². The van der Waals surface area contributed by atoms with Crippen LogP contribution in [0.4, 0.5) is 5.69 Å². The number of pyridine rings is 1. The average molecular weight is 510 g/mol. The maximum Gasteiger partial charge on any atom is 0.307 e. The number of thiocarbonyl (C=S) groups is 1. The maximum absolute atomic E-state index is 11.9. The lowest BCUT2D eigenvalue weighted by Gasteiger charge is -2.28. The van der Waals surface area contributed by atoms with E-state index in [-0.39, 0.29) is 30.2 Å². The van der Waals surface area contributed by atoms with E-state index in [0.29, 0.717) is 23.1 Å². The third kappa shape index (κ3) is 4.61. The lowest BCUT2D eigenvalue weighted by atomic mass is 9.96. The van der Waals surface area contributed by atoms with E-state index in [1.807, 2.05) is 41.5 Å². The molecule has 0 saturated carbocycles. The van der Waals surface area contributed by atoms with E-state index < -0.39 is 4.92 Å². The van der Waals surface area contributed by atoms with Crippen LogP contribution in [-0.2, 0) is 9.53 Å². The summed E-state index contributed by atoms with van der Waals surface area (Å²) in [5.41, 5.74) is 4.28. The lowest BCUT2D eigenvalue weighted by Crippen LogP contribution is -2.32. The summed E-state index contributed by atoms with van der Waals surface area (Å²) in [7, 11) is 2.85. The molecule has 0 radical (unpaired) electrons. The number of methoxy groups -OCH3 is 2. The fourth-order valence-corrected chi connectivity index (χ4v) is 5.05. The molecule has 1 saturated heterocycles. The molecule has 2 atom stereocenters. The Morgan fingerprint density at radius 2 is 2.00 bits per heavy atom. The molecule has 0 bridgehead atoms. The van der Waals surface area contributed by atoms with Crippen LogP contribution in [0.1, 0.15) is 41.1 Å². The van der Waals surface area contributed by atoms with Crippen LogP contribution < -0.4 is 10.1 Å². The number of esters is 1. The molecule has 0 unspecified atom stereocenters. The van der Waals surface area contributed by atoms with Gasteiger partial charge in [-0.1, -0.05) is 6.07 Å². The van der Waals surface area contributed by atoms with Gasteiger partial charge in [-0.15, -0.1) is 0 Å². The van der Waals surface area contributed by atoms with E-state index in [2.05, 4.69) is 16.4 Å². The van der Waals surface area contributed by atoms with Crippen LogP contribution in [0.15, 0.2) is 48.7 Å². The van der Waals surface area contributed by atoms with Crippen molar-refractivity contribution in [2.75, 3.05) is 20.8 Å². The predicted molar refractivity (Wildman–Crippen MR) is 137 cm³/mol. The van der Waals surface area contributed by atoms with E-state index in [1.54, 1.807) is 12.3 Å². The first-order valence-electron chi connectivity index (χ1n) is 11.3. The Morgan fingerprint density at radius 3 is 2.64 bits per heavy atom. The number of ether oxygens (including phenoxy) is 2. The minimum atomic E-state index is -0.450. The topological polar surface area (TPSA) is 112 Å². The molecule has 3 heterocycles. The molecule has 0 spiro atoms. The van der Waals surface area contributed by atoms with Gasteiger partial charge in [-0.05, 0) is 55.9 Å². The van der Waals surface area contributed by atoms with Crippen molar-refractivity contribution in [1.82, 2.24) is 19.8 Å². The van der Waals surface area contributed by atoms with Gasteiger partial charge >= 0.3 is 5.97 Å². The maximum atomic E-state index is 11.9. The second-order valence-corrected chi connectivity index (χ2v) is 8.81. The van der Waals surface area contributed by atoms with Gasteiger partial charge in [-0.2, -0.15) is 0 Å². The van der Waals surface area contributed by atoms with E-state index in [9.17, 15) is 14.9 Å². The Balaban J connectivity index is 1.82. The van der Waals surface area contributed by atoms with Gasteiger partial charge in [0.25, 0.3) is 5.69 Å². The standard InChI is InChI=1S/C25H27N5O5S/c1-15-13-18(16(2)29(15)20-9-8-17(30(32)33)14-21(20)34-3)24-23(19-7-5-6-11-26-19)27-25(36)28(24)12-10-22(31)35-4/h5-9,11,13-14,23-24H,10,12H2,1-4H3,(H,27,36)/t23-,24+/m0/s1. The quantitative estimate of drug-likeness (QED) is 0.209. The summed E-state index contributed by atoms with van der Waals surface area (Å²) in [5, 5.41) is 15.2. The first-order valence-corrected chi connectivity index (χ1v) is 11.7. The van der Waals surface area contributed by atoms with Crippen LogP contribution in [0.25, 0.3) is 5.69 Å². The Kier molecular flexibility index (Phi) is 7.20. The molecule has 2 aromatic heterocycles. The van der Waals surface area contributed by atoms with Crippen LogP contribution in [0.2, 0.25) is 0 Å². The highest BCUT2D eigenvalue weighted by Crippen LogP contribution is 2.42. The molecule has 1 aliphatic heterocycles. The zero-order valence-electron chi connectivity index (χ0n) is 20.4.